The smallest absolute Gasteiger partial charge is 0.238 e. The van der Waals surface area contributed by atoms with Crippen LogP contribution < -0.4 is 4.74 Å². The summed E-state index contributed by atoms with van der Waals surface area (Å²) in [5.41, 5.74) is 3.43. The first kappa shape index (κ1) is 32.9. The van der Waals surface area contributed by atoms with Crippen LogP contribution in [0.15, 0.2) is 41.2 Å². The van der Waals surface area contributed by atoms with Crippen LogP contribution in [-0.4, -0.2) is 73.0 Å². The van der Waals surface area contributed by atoms with E-state index < -0.39 is 24.0 Å². The SMILES string of the molecule is CCCCc1cnnn1[C@H]1CC(=NOC2CCCCO2)C2=C[C@H](CCCCO)[C@@H](CCCCO)[C@@H]3c4cc(O)ccc4O[C@@]1(O)[C@H]23. The highest BCUT2D eigenvalue weighted by Crippen LogP contribution is 2.62. The van der Waals surface area contributed by atoms with Crippen molar-refractivity contribution in [1.29, 1.82) is 0 Å². The Morgan fingerprint density at radius 3 is 2.67 bits per heavy atom. The van der Waals surface area contributed by atoms with Crippen LogP contribution in [0, 0.1) is 17.8 Å². The van der Waals surface area contributed by atoms with Crippen LogP contribution in [0.5, 0.6) is 11.5 Å². The maximum Gasteiger partial charge on any atom is 0.238 e. The number of phenols is 1. The summed E-state index contributed by atoms with van der Waals surface area (Å²) in [5, 5.41) is 56.6. The van der Waals surface area contributed by atoms with E-state index in [1.807, 2.05) is 4.68 Å². The molecule has 1 saturated carbocycles. The van der Waals surface area contributed by atoms with Gasteiger partial charge in [0.05, 0.1) is 30.1 Å². The Morgan fingerprint density at radius 2 is 1.91 bits per heavy atom. The lowest BCUT2D eigenvalue weighted by atomic mass is 9.55. The molecule has 4 N–H and O–H groups in total. The topological polar surface area (TPSA) is 152 Å². The number of aliphatic hydroxyl groups is 3. The number of fused-ring (bicyclic) bond motifs is 2. The molecule has 2 aliphatic heterocycles. The van der Waals surface area contributed by atoms with E-state index in [1.165, 1.54) is 0 Å². The van der Waals surface area contributed by atoms with E-state index in [9.17, 15) is 20.4 Å². The second-order valence-electron chi connectivity index (χ2n) is 13.4. The van der Waals surface area contributed by atoms with Gasteiger partial charge in [-0.1, -0.05) is 42.6 Å². The van der Waals surface area contributed by atoms with Crippen LogP contribution in [-0.2, 0) is 16.0 Å². The number of aliphatic hydroxyl groups excluding tert-OH is 2. The van der Waals surface area contributed by atoms with Crippen molar-refractivity contribution in [3.05, 3.63) is 47.3 Å². The molecule has 2 aromatic rings. The Balaban J connectivity index is 1.51. The minimum absolute atomic E-state index is 0.0906. The van der Waals surface area contributed by atoms with E-state index in [4.69, 9.17) is 19.5 Å². The molecule has 1 aromatic carbocycles. The van der Waals surface area contributed by atoms with Gasteiger partial charge in [0.15, 0.2) is 0 Å². The molecular formula is C35H50N4O7. The Labute approximate surface area is 271 Å². The molecule has 6 rings (SSSR count). The number of ether oxygens (including phenoxy) is 2. The second-order valence-corrected chi connectivity index (χ2v) is 13.4. The third-order valence-corrected chi connectivity index (χ3v) is 10.4. The minimum atomic E-state index is -1.68. The van der Waals surface area contributed by atoms with Crippen molar-refractivity contribution in [3.63, 3.8) is 0 Å². The van der Waals surface area contributed by atoms with Crippen molar-refractivity contribution in [2.75, 3.05) is 19.8 Å². The highest BCUT2D eigenvalue weighted by atomic mass is 16.8. The Hall–Kier alpha value is -2.99. The maximum absolute atomic E-state index is 13.0. The zero-order valence-electron chi connectivity index (χ0n) is 27.0. The highest BCUT2D eigenvalue weighted by Gasteiger charge is 2.63. The third-order valence-electron chi connectivity index (χ3n) is 10.4. The lowest BCUT2D eigenvalue weighted by molar-refractivity contribution is -0.225. The van der Waals surface area contributed by atoms with Crippen LogP contribution in [0.4, 0.5) is 0 Å². The van der Waals surface area contributed by atoms with Crippen molar-refractivity contribution in [3.8, 4) is 11.5 Å². The average molecular weight is 639 g/mol. The van der Waals surface area contributed by atoms with E-state index in [-0.39, 0.29) is 36.7 Å². The molecule has 11 heteroatoms. The van der Waals surface area contributed by atoms with Gasteiger partial charge in [0, 0.05) is 37.5 Å². The summed E-state index contributed by atoms with van der Waals surface area (Å²) >= 11 is 0. The predicted octanol–water partition coefficient (Wildman–Crippen LogP) is 5.15. The van der Waals surface area contributed by atoms with E-state index in [1.54, 1.807) is 24.4 Å². The lowest BCUT2D eigenvalue weighted by Gasteiger charge is -2.56. The van der Waals surface area contributed by atoms with E-state index in [2.05, 4.69) is 23.3 Å². The first-order valence-corrected chi connectivity index (χ1v) is 17.4. The number of unbranched alkanes of at least 4 members (excludes halogenated alkanes) is 3. The average Bonchev–Trinajstić information content (AvgIpc) is 3.53. The number of aromatic nitrogens is 3. The summed E-state index contributed by atoms with van der Waals surface area (Å²) < 4.78 is 14.4. The molecule has 11 nitrogen and oxygen atoms in total. The van der Waals surface area contributed by atoms with E-state index in [0.717, 1.165) is 86.8 Å². The first-order valence-electron chi connectivity index (χ1n) is 17.4. The fraction of sp³-hybridized carbons (Fsp3) is 0.686. The van der Waals surface area contributed by atoms with Crippen molar-refractivity contribution in [2.45, 2.75) is 114 Å². The number of hydrogen-bond acceptors (Lipinski definition) is 10. The molecule has 0 amide bonds. The van der Waals surface area contributed by atoms with Gasteiger partial charge < -0.3 is 34.7 Å². The maximum atomic E-state index is 13.0. The number of hydrogen-bond donors (Lipinski definition) is 4. The fourth-order valence-electron chi connectivity index (χ4n) is 8.19. The summed E-state index contributed by atoms with van der Waals surface area (Å²) in [6.45, 7) is 3.04. The number of nitrogens with zero attached hydrogens (tertiary/aromatic N) is 4. The molecule has 1 unspecified atom stereocenters. The number of aromatic hydroxyl groups is 1. The number of phenolic OH excluding ortho intramolecular Hbond substituents is 1. The molecule has 2 aliphatic carbocycles. The van der Waals surface area contributed by atoms with Gasteiger partial charge in [0.2, 0.25) is 12.1 Å². The molecule has 1 aromatic heterocycles. The Bertz CT molecular complexity index is 1370. The standard InChI is InChI=1S/C35H50N4O7/c1-2-3-11-24-22-36-38-39(24)31-21-29(37-46-32-13-6-9-18-44-32)27-19-23(10-4-7-16-40)26(12-5-8-17-41)33-28-20-25(42)14-15-30(28)45-35(31,43)34(27)33/h14-15,19-20,22-23,26,31-34,40-43H,2-13,16-18,21H2,1H3/t23-,26+,31-,32?,33+,34+,35+/m0/s1. The zero-order valence-corrected chi connectivity index (χ0v) is 27.0. The molecule has 252 valence electrons. The summed E-state index contributed by atoms with van der Waals surface area (Å²) in [6, 6.07) is 4.51. The Kier molecular flexibility index (Phi) is 10.6. The lowest BCUT2D eigenvalue weighted by Crippen LogP contribution is -2.62. The normalized spacial score (nSPS) is 31.1. The first-order chi connectivity index (χ1) is 22.5. The molecule has 46 heavy (non-hydrogen) atoms. The molecule has 1 saturated heterocycles. The number of rotatable bonds is 14. The van der Waals surface area contributed by atoms with Crippen LogP contribution >= 0.6 is 0 Å². The number of allylic oxidation sites excluding steroid dienone is 1. The highest BCUT2D eigenvalue weighted by molar-refractivity contribution is 6.02. The third kappa shape index (κ3) is 6.56. The largest absolute Gasteiger partial charge is 0.508 e. The van der Waals surface area contributed by atoms with Gasteiger partial charge in [0.25, 0.3) is 0 Å². The van der Waals surface area contributed by atoms with Gasteiger partial charge >= 0.3 is 0 Å². The molecule has 0 radical (unpaired) electrons. The minimum Gasteiger partial charge on any atom is -0.508 e. The molecule has 2 fully saturated rings. The second kappa shape index (κ2) is 14.8. The van der Waals surface area contributed by atoms with Crippen LogP contribution in [0.25, 0.3) is 0 Å². The fourth-order valence-corrected chi connectivity index (χ4v) is 8.19. The number of oxime groups is 1. The predicted molar refractivity (Wildman–Crippen MR) is 171 cm³/mol. The zero-order chi connectivity index (χ0) is 32.1. The number of benzene rings is 1. The van der Waals surface area contributed by atoms with Crippen molar-refractivity contribution in [2.24, 2.45) is 22.9 Å². The van der Waals surface area contributed by atoms with Gasteiger partial charge in [-0.25, -0.2) is 4.68 Å². The summed E-state index contributed by atoms with van der Waals surface area (Å²) in [7, 11) is 0. The van der Waals surface area contributed by atoms with Gasteiger partial charge in [-0.3, -0.25) is 0 Å². The van der Waals surface area contributed by atoms with Crippen LogP contribution in [0.3, 0.4) is 0 Å². The van der Waals surface area contributed by atoms with Crippen molar-refractivity contribution in [1.82, 2.24) is 15.0 Å². The molecule has 3 heterocycles. The van der Waals surface area contributed by atoms with Gasteiger partial charge in [0.1, 0.15) is 17.5 Å². The molecular weight excluding hydrogens is 588 g/mol. The Morgan fingerprint density at radius 1 is 1.09 bits per heavy atom. The number of aryl methyl sites for hydroxylation is 1. The molecule has 0 bridgehead atoms. The van der Waals surface area contributed by atoms with Gasteiger partial charge in [-0.2, -0.15) is 0 Å². The van der Waals surface area contributed by atoms with Gasteiger partial charge in [-0.15, -0.1) is 5.10 Å². The van der Waals surface area contributed by atoms with Crippen molar-refractivity contribution < 1.29 is 34.7 Å². The van der Waals surface area contributed by atoms with Crippen LogP contribution in [0.1, 0.15) is 107 Å². The van der Waals surface area contributed by atoms with Crippen LogP contribution in [0.2, 0.25) is 0 Å². The monoisotopic (exact) mass is 638 g/mol. The summed E-state index contributed by atoms with van der Waals surface area (Å²) in [4.78, 5) is 6.07. The van der Waals surface area contributed by atoms with Gasteiger partial charge in [-0.05, 0) is 87.0 Å². The van der Waals surface area contributed by atoms with E-state index in [0.29, 0.717) is 31.6 Å². The van der Waals surface area contributed by atoms with E-state index >= 15 is 0 Å². The van der Waals surface area contributed by atoms with Crippen molar-refractivity contribution >= 4 is 5.71 Å². The summed E-state index contributed by atoms with van der Waals surface area (Å²) in [6.07, 6.45) is 14.3. The summed E-state index contributed by atoms with van der Waals surface area (Å²) in [5.74, 6) is -1.50. The molecule has 4 aliphatic rings. The molecule has 7 atom stereocenters. The quantitative estimate of drug-likeness (QED) is 0.163. The molecule has 0 spiro atoms.